The molecular weight excluding hydrogens is 330 g/mol. The first kappa shape index (κ1) is 20.2. The summed E-state index contributed by atoms with van der Waals surface area (Å²) in [5.74, 6) is 0.592. The van der Waals surface area contributed by atoms with E-state index in [9.17, 15) is 9.59 Å². The summed E-state index contributed by atoms with van der Waals surface area (Å²) in [7, 11) is 0. The van der Waals surface area contributed by atoms with Crippen molar-refractivity contribution < 1.29 is 14.3 Å². The Hall–Kier alpha value is -2.11. The molecule has 1 aliphatic heterocycles. The Balaban J connectivity index is 2.45. The van der Waals surface area contributed by atoms with Crippen molar-refractivity contribution in [3.63, 3.8) is 0 Å². The molecule has 0 spiro atoms. The molecule has 2 rings (SSSR count). The van der Waals surface area contributed by atoms with E-state index in [2.05, 4.69) is 4.98 Å². The summed E-state index contributed by atoms with van der Waals surface area (Å²) in [5.41, 5.74) is 0.322. The lowest BCUT2D eigenvalue weighted by atomic mass is 9.95. The van der Waals surface area contributed by atoms with E-state index in [0.717, 1.165) is 44.2 Å². The number of nitrogens with zero attached hydrogens (tertiary/aromatic N) is 3. The lowest BCUT2D eigenvalue weighted by Crippen LogP contribution is -2.44. The number of ether oxygens (including phenoxy) is 1. The van der Waals surface area contributed by atoms with Crippen LogP contribution in [0.15, 0.2) is 18.3 Å². The topological polar surface area (TPSA) is 62.7 Å². The van der Waals surface area contributed by atoms with E-state index >= 15 is 0 Å². The fraction of sp³-hybridized carbons (Fsp3) is 0.650. The Labute approximate surface area is 156 Å². The summed E-state index contributed by atoms with van der Waals surface area (Å²) < 4.78 is 5.64. The van der Waals surface area contributed by atoms with Gasteiger partial charge >= 0.3 is 6.09 Å². The molecule has 0 unspecified atom stereocenters. The molecular formula is C20H31N3O3. The number of hydrogen-bond acceptors (Lipinski definition) is 4. The summed E-state index contributed by atoms with van der Waals surface area (Å²) in [5, 5.41) is 0. The molecule has 2 amide bonds. The van der Waals surface area contributed by atoms with E-state index in [0.29, 0.717) is 5.82 Å². The summed E-state index contributed by atoms with van der Waals surface area (Å²) in [6.07, 6.45) is 5.90. The molecule has 0 N–H and O–H groups in total. The number of piperidine rings is 1. The normalized spacial score (nSPS) is 19.0. The first-order chi connectivity index (χ1) is 12.3. The quantitative estimate of drug-likeness (QED) is 0.733. The van der Waals surface area contributed by atoms with Crippen molar-refractivity contribution in [3.05, 3.63) is 23.9 Å². The molecule has 1 aromatic heterocycles. The van der Waals surface area contributed by atoms with Crippen molar-refractivity contribution in [2.24, 2.45) is 0 Å². The van der Waals surface area contributed by atoms with Crippen LogP contribution >= 0.6 is 0 Å². The molecule has 0 aromatic carbocycles. The van der Waals surface area contributed by atoms with Crippen molar-refractivity contribution >= 4 is 18.3 Å². The van der Waals surface area contributed by atoms with Gasteiger partial charge in [0.1, 0.15) is 11.4 Å². The maximum absolute atomic E-state index is 12.9. The Kier molecular flexibility index (Phi) is 6.62. The second-order valence-electron chi connectivity index (χ2n) is 7.88. The van der Waals surface area contributed by atoms with Crippen molar-refractivity contribution in [2.45, 2.75) is 78.0 Å². The van der Waals surface area contributed by atoms with Crippen LogP contribution in [0.3, 0.4) is 0 Å². The van der Waals surface area contributed by atoms with Gasteiger partial charge in [0, 0.05) is 24.3 Å². The molecule has 1 fully saturated rings. The number of pyridine rings is 1. The number of anilines is 1. The van der Waals surface area contributed by atoms with Gasteiger partial charge in [-0.3, -0.25) is 9.69 Å². The van der Waals surface area contributed by atoms with Gasteiger partial charge in [-0.1, -0.05) is 13.0 Å². The predicted molar refractivity (Wildman–Crippen MR) is 102 cm³/mol. The number of aromatic nitrogens is 1. The van der Waals surface area contributed by atoms with Crippen LogP contribution in [0.1, 0.15) is 71.9 Å². The zero-order valence-corrected chi connectivity index (χ0v) is 16.6. The third-order valence-corrected chi connectivity index (χ3v) is 4.71. The number of likely N-dealkylation sites (tertiary alicyclic amines) is 1. The van der Waals surface area contributed by atoms with Gasteiger partial charge in [-0.2, -0.15) is 0 Å². The van der Waals surface area contributed by atoms with Gasteiger partial charge in [0.25, 0.3) is 0 Å². The highest BCUT2D eigenvalue weighted by atomic mass is 16.6. The van der Waals surface area contributed by atoms with Gasteiger partial charge in [0.05, 0.1) is 6.04 Å². The Morgan fingerprint density at radius 1 is 1.46 bits per heavy atom. The monoisotopic (exact) mass is 361 g/mol. The fourth-order valence-electron chi connectivity index (χ4n) is 3.25. The molecule has 6 nitrogen and oxygen atoms in total. The van der Waals surface area contributed by atoms with E-state index in [1.165, 1.54) is 0 Å². The lowest BCUT2D eigenvalue weighted by Gasteiger charge is -2.37. The first-order valence-electron chi connectivity index (χ1n) is 9.46. The van der Waals surface area contributed by atoms with Crippen molar-refractivity contribution in [1.82, 2.24) is 9.88 Å². The third-order valence-electron chi connectivity index (χ3n) is 4.71. The number of hydrogen-bond donors (Lipinski definition) is 0. The maximum Gasteiger partial charge on any atom is 0.416 e. The van der Waals surface area contributed by atoms with Gasteiger partial charge in [0.2, 0.25) is 6.41 Å². The molecule has 144 valence electrons. The minimum absolute atomic E-state index is 0.0565. The second kappa shape index (κ2) is 8.52. The van der Waals surface area contributed by atoms with Crippen molar-refractivity contribution in [2.75, 3.05) is 11.4 Å². The molecule has 1 aromatic rings. The van der Waals surface area contributed by atoms with E-state index < -0.39 is 11.7 Å². The molecule has 0 bridgehead atoms. The molecule has 0 saturated carbocycles. The summed E-state index contributed by atoms with van der Waals surface area (Å²) in [4.78, 5) is 32.4. The van der Waals surface area contributed by atoms with Crippen LogP contribution in [-0.4, -0.2) is 40.6 Å². The summed E-state index contributed by atoms with van der Waals surface area (Å²) in [6.45, 7) is 10.3. The standard InChI is InChI=1S/C20H31N3O3/c1-6-15(2)23(19(25)26-20(3,4)5)18-16(10-9-12-21-18)17-11-7-8-13-22(17)14-24/h9-10,12,14-15,17H,6-8,11,13H2,1-5H3/t15-,17+/m1/s1. The molecule has 2 atom stereocenters. The minimum Gasteiger partial charge on any atom is -0.443 e. The Morgan fingerprint density at radius 2 is 2.19 bits per heavy atom. The fourth-order valence-corrected chi connectivity index (χ4v) is 3.25. The lowest BCUT2D eigenvalue weighted by molar-refractivity contribution is -0.121. The van der Waals surface area contributed by atoms with Gasteiger partial charge in [0.15, 0.2) is 0 Å². The van der Waals surface area contributed by atoms with Gasteiger partial charge < -0.3 is 9.64 Å². The van der Waals surface area contributed by atoms with Crippen molar-refractivity contribution in [3.8, 4) is 0 Å². The highest BCUT2D eigenvalue weighted by Gasteiger charge is 2.33. The average molecular weight is 361 g/mol. The smallest absolute Gasteiger partial charge is 0.416 e. The van der Waals surface area contributed by atoms with E-state index in [1.54, 1.807) is 11.1 Å². The maximum atomic E-state index is 12.9. The van der Waals surface area contributed by atoms with E-state index in [-0.39, 0.29) is 12.1 Å². The molecule has 1 saturated heterocycles. The van der Waals surface area contributed by atoms with Crippen LogP contribution in [-0.2, 0) is 9.53 Å². The second-order valence-corrected chi connectivity index (χ2v) is 7.88. The van der Waals surface area contributed by atoms with Gasteiger partial charge in [-0.05, 0) is 59.4 Å². The van der Waals surface area contributed by atoms with Gasteiger partial charge in [-0.25, -0.2) is 9.78 Å². The largest absolute Gasteiger partial charge is 0.443 e. The van der Waals surface area contributed by atoms with Crippen LogP contribution in [0, 0.1) is 0 Å². The Bertz CT molecular complexity index is 627. The molecule has 1 aliphatic rings. The molecule has 26 heavy (non-hydrogen) atoms. The number of amides is 2. The Morgan fingerprint density at radius 3 is 2.81 bits per heavy atom. The summed E-state index contributed by atoms with van der Waals surface area (Å²) in [6, 6.07) is 3.71. The van der Waals surface area contributed by atoms with Crippen LogP contribution in [0.2, 0.25) is 0 Å². The van der Waals surface area contributed by atoms with Crippen LogP contribution in [0.25, 0.3) is 0 Å². The number of carbonyl (C=O) groups excluding carboxylic acids is 2. The summed E-state index contributed by atoms with van der Waals surface area (Å²) >= 11 is 0. The van der Waals surface area contributed by atoms with Crippen molar-refractivity contribution in [1.29, 1.82) is 0 Å². The SMILES string of the molecule is CC[C@@H](C)N(C(=O)OC(C)(C)C)c1ncccc1[C@@H]1CCCCN1C=O. The number of rotatable bonds is 5. The third kappa shape index (κ3) is 4.74. The average Bonchev–Trinajstić information content (AvgIpc) is 2.60. The zero-order valence-electron chi connectivity index (χ0n) is 16.6. The predicted octanol–water partition coefficient (Wildman–Crippen LogP) is 4.31. The van der Waals surface area contributed by atoms with Crippen LogP contribution in [0.5, 0.6) is 0 Å². The highest BCUT2D eigenvalue weighted by molar-refractivity contribution is 5.88. The minimum atomic E-state index is -0.586. The number of carbonyl (C=O) groups is 2. The van der Waals surface area contributed by atoms with E-state index in [4.69, 9.17) is 4.74 Å². The van der Waals surface area contributed by atoms with E-state index in [1.807, 2.05) is 51.7 Å². The van der Waals surface area contributed by atoms with Crippen LogP contribution < -0.4 is 4.90 Å². The molecule has 0 aliphatic carbocycles. The first-order valence-corrected chi connectivity index (χ1v) is 9.46. The molecule has 6 heteroatoms. The van der Waals surface area contributed by atoms with Crippen LogP contribution in [0.4, 0.5) is 10.6 Å². The highest BCUT2D eigenvalue weighted by Crippen LogP contribution is 2.36. The van der Waals surface area contributed by atoms with Gasteiger partial charge in [-0.15, -0.1) is 0 Å². The molecule has 2 heterocycles. The molecule has 0 radical (unpaired) electrons. The zero-order chi connectivity index (χ0) is 19.3.